The lowest BCUT2D eigenvalue weighted by Gasteiger charge is -2.31. The van der Waals surface area contributed by atoms with Gasteiger partial charge in [-0.2, -0.15) is 8.42 Å². The van der Waals surface area contributed by atoms with Gasteiger partial charge in [-0.1, -0.05) is 20.8 Å². The van der Waals surface area contributed by atoms with Gasteiger partial charge in [0.2, 0.25) is 29.5 Å². The fourth-order valence-corrected chi connectivity index (χ4v) is 19.5. The molecule has 0 unspecified atom stereocenters. The molecule has 43 heteroatoms. The number of hydrogen-bond acceptors (Lipinski definition) is 29. The van der Waals surface area contributed by atoms with Crippen LogP contribution in [0.15, 0.2) is 50.8 Å². The molecule has 39 nitrogen and oxygen atoms in total. The Balaban J connectivity index is 0.000000153. The van der Waals surface area contributed by atoms with E-state index in [1.807, 2.05) is 0 Å². The van der Waals surface area contributed by atoms with E-state index in [1.165, 1.54) is 27.3 Å². The summed E-state index contributed by atoms with van der Waals surface area (Å²) in [5.74, 6) is -7.97. The molecule has 9 aliphatic rings. The van der Waals surface area contributed by atoms with Crippen LogP contribution in [0.4, 0.5) is 13.2 Å². The number of hydrogen-bond donors (Lipinski definition) is 12. The van der Waals surface area contributed by atoms with Crippen molar-refractivity contribution in [2.75, 3.05) is 32.4 Å². The molecule has 6 aliphatic heterocycles. The number of aliphatic hydroxyl groups is 3. The molecule has 0 spiro atoms. The number of ether oxygens (including phenoxy) is 5. The summed E-state index contributed by atoms with van der Waals surface area (Å²) in [5, 5.41) is 57.2. The molecular formula is C97H108F3N13O26S. The first kappa shape index (κ1) is 102. The Morgan fingerprint density at radius 2 is 0.771 bits per heavy atom. The molecule has 12 heterocycles. The first-order valence-electron chi connectivity index (χ1n) is 45.5. The largest absolute Gasteiger partial charge is 0.480 e. The van der Waals surface area contributed by atoms with Crippen molar-refractivity contribution in [1.29, 1.82) is 0 Å². The van der Waals surface area contributed by atoms with E-state index in [9.17, 15) is 99.6 Å². The van der Waals surface area contributed by atoms with Crippen molar-refractivity contribution in [3.63, 3.8) is 0 Å². The fraction of sp³-hybridized carbons (Fsp3) is 0.454. The number of carbonyl (C=O) groups is 11. The van der Waals surface area contributed by atoms with Gasteiger partial charge in [0.1, 0.15) is 55.0 Å². The number of carbonyl (C=O) groups excluding carboxylic acids is 10. The molecule has 0 bridgehead atoms. The van der Waals surface area contributed by atoms with Gasteiger partial charge in [0.05, 0.1) is 138 Å². The van der Waals surface area contributed by atoms with Crippen molar-refractivity contribution in [2.45, 2.75) is 252 Å². The van der Waals surface area contributed by atoms with Crippen molar-refractivity contribution in [3.05, 3.63) is 185 Å². The quantitative estimate of drug-likeness (QED) is 0.0272. The van der Waals surface area contributed by atoms with E-state index in [2.05, 4.69) is 26.6 Å². The summed E-state index contributed by atoms with van der Waals surface area (Å²) in [5.41, 5.74) is 17.4. The number of nitrogens with two attached hydrogens (primary N) is 2. The monoisotopic (exact) mass is 1960 g/mol. The number of pyridine rings is 6. The number of nitrogens with one attached hydrogen (secondary N) is 5. The second-order valence-electron chi connectivity index (χ2n) is 37.7. The lowest BCUT2D eigenvalue weighted by molar-refractivity contribution is -0.172. The van der Waals surface area contributed by atoms with Crippen LogP contribution >= 0.6 is 0 Å². The number of aryl methyl sites for hydroxylation is 3. The molecule has 3 aliphatic carbocycles. The molecule has 6 aromatic heterocycles. The van der Waals surface area contributed by atoms with Gasteiger partial charge in [-0.15, -0.1) is 0 Å². The second-order valence-corrected chi connectivity index (χ2v) is 39.2. The number of carboxylic acids is 1. The number of cyclic esters (lactones) is 3. The third-order valence-corrected chi connectivity index (χ3v) is 26.3. The van der Waals surface area contributed by atoms with Crippen LogP contribution in [0, 0.1) is 38.2 Å². The van der Waals surface area contributed by atoms with Gasteiger partial charge in [-0.25, -0.2) is 42.5 Å². The van der Waals surface area contributed by atoms with Gasteiger partial charge in [0.25, 0.3) is 26.8 Å². The van der Waals surface area contributed by atoms with Crippen LogP contribution in [-0.4, -0.2) is 171 Å². The highest BCUT2D eigenvalue weighted by Crippen LogP contribution is 2.51. The summed E-state index contributed by atoms with van der Waals surface area (Å²) in [6, 6.07) is 7.69. The SMILES string of the molecule is CC(C)(C)OC(=O)CCC(=O)NCC(=O)O.CC[C@@]1(O)C(=O)OCc2c1cc1n(c2=O)Cc2c-1nc1cc(F)c(C)c3c1c2[C@@H](N)CC3.CC[C@@]1(O)C(=O)OCc2c1cc1n(c2=O)Cc2c-1nc1cc(F)c(C)c3c1c2[C@@H](NC(=O)CNC(=O)CCC(=O)OC(C)(C)C)CC3.CC[C@@]1(O)C(=O)OCc2c1cc1n(c2=O)Cc2c-1nc1cc(F)c(C)c3c1c2[C@@H](NC(=O)CNC(=O)CN)CC3.CS(=O)(=O)O. The highest BCUT2D eigenvalue weighted by molar-refractivity contribution is 7.85. The van der Waals surface area contributed by atoms with E-state index >= 15 is 4.39 Å². The lowest BCUT2D eigenvalue weighted by atomic mass is 9.81. The van der Waals surface area contributed by atoms with Crippen molar-refractivity contribution in [2.24, 2.45) is 11.5 Å². The first-order valence-corrected chi connectivity index (χ1v) is 47.4. The van der Waals surface area contributed by atoms with Gasteiger partial charge < -0.3 is 95.9 Å². The number of esters is 5. The maximum Gasteiger partial charge on any atom is 0.343 e. The van der Waals surface area contributed by atoms with E-state index < -0.39 is 145 Å². The summed E-state index contributed by atoms with van der Waals surface area (Å²) in [6.07, 6.45) is 3.63. The minimum absolute atomic E-state index is 0.00757. The van der Waals surface area contributed by atoms with Crippen molar-refractivity contribution in [3.8, 4) is 34.2 Å². The van der Waals surface area contributed by atoms with Crippen LogP contribution in [-0.2, 0) is 162 Å². The summed E-state index contributed by atoms with van der Waals surface area (Å²) >= 11 is 0. The minimum Gasteiger partial charge on any atom is -0.480 e. The smallest absolute Gasteiger partial charge is 0.343 e. The molecule has 744 valence electrons. The molecule has 0 saturated heterocycles. The Labute approximate surface area is 797 Å². The van der Waals surface area contributed by atoms with Crippen LogP contribution in [0.2, 0.25) is 0 Å². The third-order valence-electron chi connectivity index (χ3n) is 26.3. The number of fused-ring (bicyclic) bond motifs is 15. The second kappa shape index (κ2) is 38.9. The van der Waals surface area contributed by atoms with Crippen LogP contribution in [0.1, 0.15) is 245 Å². The van der Waals surface area contributed by atoms with Gasteiger partial charge in [-0.05, 0) is 188 Å². The molecule has 0 saturated carbocycles. The minimum atomic E-state index is -3.67. The summed E-state index contributed by atoms with van der Waals surface area (Å²) in [4.78, 5) is 187. The zero-order chi connectivity index (χ0) is 102. The number of rotatable bonds is 18. The standard InChI is InChI=1S/C34H37FN4O8.C28H28FN5O6.C24H22FN3O4.C10H17NO5.CH4O3S/c1-6-34(45)20-11-24-30-18(14-39(24)31(43)19(20)15-46-32(34)44)29-22(8-7-17-16(2)21(35)12-23(38-30)28(17)29)37-26(41)13-36-25(40)9-10-27(42)47-33(3,4)5;1-3-28(39)16-6-20-25-14(10-34(20)26(37)15(16)11-40-27(28)38)24-18(32-22(36)9-31-21(35)8-30)5-4-13-12(2)17(29)7-19(33-25)23(13)24;1-3-24(31)14-6-18-21-12(8-28(18)22(29)13(14)9-32-23(24)30)19-16(26)5-4-11-10(2)15(25)7-17(27-21)20(11)19;1-10(2,3)16-9(15)5-4-7(12)11-6-8(13)14;1-5(2,3)4/h11-12,22,45H,6-10,13-15H2,1-5H3,(H,36,40)(H,37,41);6-7,18,39H,3-5,8-11,30H2,1-2H3,(H,31,35)(H,32,36);6-7,16,31H,3-5,8-9,26H2,1-2H3;4-6H2,1-3H3,(H,11,12)(H,13,14);1H3,(H,2,3,4)/t22-,34-;18-,28-;16-,24-;;/m000../s1. The zero-order valence-corrected chi connectivity index (χ0v) is 80.0. The van der Waals surface area contributed by atoms with E-state index in [4.69, 9.17) is 59.8 Å². The van der Waals surface area contributed by atoms with Gasteiger partial charge in [0, 0.05) is 86.6 Å². The van der Waals surface area contributed by atoms with Gasteiger partial charge in [-0.3, -0.25) is 57.3 Å². The highest BCUT2D eigenvalue weighted by atomic mass is 32.2. The molecule has 18 rings (SSSR count). The summed E-state index contributed by atoms with van der Waals surface area (Å²) in [7, 11) is -3.67. The maximum absolute atomic E-state index is 15.1. The van der Waals surface area contributed by atoms with Crippen molar-refractivity contribution < 1.29 is 123 Å². The number of halogens is 3. The van der Waals surface area contributed by atoms with Crippen LogP contribution in [0.5, 0.6) is 0 Å². The molecule has 3 aromatic carbocycles. The average molecular weight is 1960 g/mol. The average Bonchev–Trinajstić information content (AvgIpc) is 1.53. The number of carboxylic acid groups (broad SMARTS) is 1. The number of benzene rings is 3. The van der Waals surface area contributed by atoms with Gasteiger partial charge >= 0.3 is 35.8 Å². The molecule has 5 amide bonds. The Morgan fingerprint density at radius 3 is 1.08 bits per heavy atom. The maximum atomic E-state index is 15.1. The Hall–Kier alpha value is -13.6. The summed E-state index contributed by atoms with van der Waals surface area (Å²) < 4.78 is 101. The number of aliphatic carboxylic acids is 1. The highest BCUT2D eigenvalue weighted by Gasteiger charge is 2.50. The molecule has 0 fully saturated rings. The van der Waals surface area contributed by atoms with E-state index in [1.54, 1.807) is 106 Å². The van der Waals surface area contributed by atoms with E-state index in [0.717, 1.165) is 44.2 Å². The Kier molecular flexibility index (Phi) is 28.4. The predicted molar refractivity (Wildman–Crippen MR) is 495 cm³/mol. The summed E-state index contributed by atoms with van der Waals surface area (Å²) in [6.45, 7) is 19.0. The molecule has 6 atom stereocenters. The zero-order valence-electron chi connectivity index (χ0n) is 79.1. The van der Waals surface area contributed by atoms with Crippen LogP contribution in [0.25, 0.3) is 66.9 Å². The molecule has 14 N–H and O–H groups in total. The fourth-order valence-electron chi connectivity index (χ4n) is 19.5. The van der Waals surface area contributed by atoms with Crippen LogP contribution in [0.3, 0.4) is 0 Å². The third kappa shape index (κ3) is 19.7. The molecule has 0 radical (unpaired) electrons. The van der Waals surface area contributed by atoms with Gasteiger partial charge in [0.15, 0.2) is 16.8 Å². The lowest BCUT2D eigenvalue weighted by Crippen LogP contribution is -2.44. The van der Waals surface area contributed by atoms with E-state index in [-0.39, 0.29) is 155 Å². The number of amides is 5. The molecule has 9 aromatic rings. The van der Waals surface area contributed by atoms with Crippen LogP contribution < -0.4 is 54.7 Å². The first-order chi connectivity index (χ1) is 65.7. The molecular weight excluding hydrogens is 1850 g/mol. The number of nitrogens with zero attached hydrogens (tertiary/aromatic N) is 6. The Morgan fingerprint density at radius 1 is 0.471 bits per heavy atom. The predicted octanol–water partition coefficient (Wildman–Crippen LogP) is 5.86. The number of aromatic nitrogens is 6. The topological polar surface area (TPSA) is 586 Å². The Bertz CT molecular complexity index is 7160. The molecule has 140 heavy (non-hydrogen) atoms. The normalized spacial score (nSPS) is 19.2. The van der Waals surface area contributed by atoms with Crippen molar-refractivity contribution >= 4 is 108 Å². The van der Waals surface area contributed by atoms with E-state index in [0.29, 0.717) is 134 Å². The van der Waals surface area contributed by atoms with Crippen molar-refractivity contribution in [1.82, 2.24) is 55.2 Å².